The summed E-state index contributed by atoms with van der Waals surface area (Å²) < 4.78 is 0. The summed E-state index contributed by atoms with van der Waals surface area (Å²) in [6.45, 7) is 18.7. The topological polar surface area (TPSA) is 0 Å². The maximum atomic E-state index is 2.22. The van der Waals surface area contributed by atoms with Gasteiger partial charge in [0.1, 0.15) is 0 Å². The third-order valence-electron chi connectivity index (χ3n) is 1.64. The van der Waals surface area contributed by atoms with Crippen molar-refractivity contribution >= 4 is 0 Å². The molecule has 0 aliphatic carbocycles. The average molecular weight is 240 g/mol. The normalized spacial score (nSPS) is 7.82. The van der Waals surface area contributed by atoms with E-state index in [1.807, 2.05) is 41.5 Å². The van der Waals surface area contributed by atoms with E-state index in [4.69, 9.17) is 0 Å². The molecule has 0 spiro atoms. The van der Waals surface area contributed by atoms with Gasteiger partial charge in [0.15, 0.2) is 0 Å². The number of hydrogen-bond acceptors (Lipinski definition) is 0. The van der Waals surface area contributed by atoms with E-state index >= 15 is 0 Å². The van der Waals surface area contributed by atoms with Crippen molar-refractivity contribution in [2.45, 2.75) is 75.2 Å². The van der Waals surface area contributed by atoms with Crippen LogP contribution >= 0.6 is 0 Å². The molecule has 1 aromatic carbocycles. The van der Waals surface area contributed by atoms with Crippen LogP contribution in [0, 0.1) is 0 Å². The van der Waals surface area contributed by atoms with E-state index in [-0.39, 0.29) is 7.43 Å². The van der Waals surface area contributed by atoms with Crippen LogP contribution in [-0.4, -0.2) is 0 Å². The van der Waals surface area contributed by atoms with Crippen LogP contribution in [0.4, 0.5) is 0 Å². The molecular weight excluding hydrogens is 204 g/mol. The van der Waals surface area contributed by atoms with Crippen LogP contribution in [0.15, 0.2) is 30.3 Å². The second-order valence-electron chi connectivity index (χ2n) is 3.62. The van der Waals surface area contributed by atoms with E-state index in [9.17, 15) is 0 Å². The molecule has 0 aliphatic rings. The van der Waals surface area contributed by atoms with Crippen LogP contribution in [0.25, 0.3) is 0 Å². The van der Waals surface area contributed by atoms with Crippen molar-refractivity contribution in [3.05, 3.63) is 35.9 Å². The van der Waals surface area contributed by atoms with Gasteiger partial charge in [0.25, 0.3) is 0 Å². The first-order valence-corrected chi connectivity index (χ1v) is 6.66. The quantitative estimate of drug-likeness (QED) is 0.473. The molecule has 0 N–H and O–H groups in total. The molecule has 0 nitrogen and oxygen atoms in total. The molecular formula is C17H36. The fraction of sp³-hybridized carbons (Fsp3) is 0.647. The molecule has 0 aliphatic heterocycles. The highest BCUT2D eigenvalue weighted by Crippen LogP contribution is 2.20. The Hall–Kier alpha value is -0.780. The van der Waals surface area contributed by atoms with Crippen LogP contribution in [0.2, 0.25) is 0 Å². The van der Waals surface area contributed by atoms with Crippen molar-refractivity contribution in [1.29, 1.82) is 0 Å². The van der Waals surface area contributed by atoms with Gasteiger partial charge in [0.2, 0.25) is 0 Å². The molecule has 104 valence electrons. The van der Waals surface area contributed by atoms with E-state index in [1.165, 1.54) is 5.56 Å². The van der Waals surface area contributed by atoms with Gasteiger partial charge in [-0.25, -0.2) is 0 Å². The van der Waals surface area contributed by atoms with Crippen molar-refractivity contribution in [3.8, 4) is 0 Å². The summed E-state index contributed by atoms with van der Waals surface area (Å²) >= 11 is 0. The molecule has 0 atom stereocenters. The zero-order valence-corrected chi connectivity index (χ0v) is 12.9. The molecule has 0 unspecified atom stereocenters. The Bertz CT molecular complexity index is 191. The Morgan fingerprint density at radius 3 is 1.12 bits per heavy atom. The van der Waals surface area contributed by atoms with Gasteiger partial charge in [0, 0.05) is 0 Å². The highest BCUT2D eigenvalue weighted by Gasteiger charge is 2.11. The van der Waals surface area contributed by atoms with Crippen LogP contribution in [0.1, 0.15) is 75.3 Å². The van der Waals surface area contributed by atoms with Crippen LogP contribution < -0.4 is 0 Å². The molecule has 1 rings (SSSR count). The molecule has 0 heteroatoms. The Balaban J connectivity index is -0.000000106. The van der Waals surface area contributed by atoms with Gasteiger partial charge in [-0.05, 0) is 11.0 Å². The Morgan fingerprint density at radius 2 is 0.941 bits per heavy atom. The molecule has 1 aromatic rings. The van der Waals surface area contributed by atoms with Crippen molar-refractivity contribution in [1.82, 2.24) is 0 Å². The molecule has 0 saturated carbocycles. The summed E-state index contributed by atoms with van der Waals surface area (Å²) in [5, 5.41) is 0. The van der Waals surface area contributed by atoms with Gasteiger partial charge >= 0.3 is 0 Å². The second kappa shape index (κ2) is 17.6. The van der Waals surface area contributed by atoms with Crippen molar-refractivity contribution in [2.24, 2.45) is 0 Å². The summed E-state index contributed by atoms with van der Waals surface area (Å²) in [5.41, 5.74) is 1.69. The van der Waals surface area contributed by atoms with Gasteiger partial charge in [-0.15, -0.1) is 0 Å². The fourth-order valence-corrected chi connectivity index (χ4v) is 0.938. The van der Waals surface area contributed by atoms with Gasteiger partial charge < -0.3 is 0 Å². The zero-order valence-electron chi connectivity index (χ0n) is 12.9. The van der Waals surface area contributed by atoms with Crippen molar-refractivity contribution in [3.63, 3.8) is 0 Å². The Labute approximate surface area is 111 Å². The lowest BCUT2D eigenvalue weighted by Crippen LogP contribution is -2.10. The van der Waals surface area contributed by atoms with E-state index in [0.29, 0.717) is 5.41 Å². The van der Waals surface area contributed by atoms with E-state index in [1.54, 1.807) is 0 Å². The minimum absolute atomic E-state index is 0. The predicted molar refractivity (Wildman–Crippen MR) is 85.9 cm³/mol. The van der Waals surface area contributed by atoms with Crippen molar-refractivity contribution in [2.75, 3.05) is 0 Å². The lowest BCUT2D eigenvalue weighted by Gasteiger charge is -2.18. The Kier molecular flexibility index (Phi) is 26.1. The largest absolute Gasteiger partial charge is 0.0776 e. The first kappa shape index (κ1) is 25.2. The first-order chi connectivity index (χ1) is 7.61. The highest BCUT2D eigenvalue weighted by molar-refractivity contribution is 5.21. The van der Waals surface area contributed by atoms with Crippen LogP contribution in [0.3, 0.4) is 0 Å². The standard InChI is InChI=1S/C10H14.3C2H6.CH4/c1-10(2,3)9-7-5-4-6-8-9;3*1-2;/h4-8H,1-3H3;3*1-2H3;1H4. The molecule has 0 aromatic heterocycles. The average Bonchev–Trinajstić information content (AvgIpc) is 2.37. The van der Waals surface area contributed by atoms with Gasteiger partial charge in [0.05, 0.1) is 0 Å². The predicted octanol–water partition coefficient (Wildman–Crippen LogP) is 6.70. The zero-order chi connectivity index (χ0) is 13.6. The molecule has 0 radical (unpaired) electrons. The van der Waals surface area contributed by atoms with Gasteiger partial charge in [-0.1, -0.05) is 100 Å². The molecule has 0 bridgehead atoms. The highest BCUT2D eigenvalue weighted by atomic mass is 14.2. The SMILES string of the molecule is C.CC.CC.CC.CC(C)(C)c1ccccc1. The number of hydrogen-bond donors (Lipinski definition) is 0. The molecule has 17 heavy (non-hydrogen) atoms. The summed E-state index contributed by atoms with van der Waals surface area (Å²) in [5.74, 6) is 0. The maximum absolute atomic E-state index is 2.22. The third kappa shape index (κ3) is 15.2. The van der Waals surface area contributed by atoms with E-state index < -0.39 is 0 Å². The number of benzene rings is 1. The van der Waals surface area contributed by atoms with Crippen molar-refractivity contribution < 1.29 is 0 Å². The van der Waals surface area contributed by atoms with Crippen LogP contribution in [-0.2, 0) is 5.41 Å². The van der Waals surface area contributed by atoms with E-state index in [0.717, 1.165) is 0 Å². The summed E-state index contributed by atoms with van der Waals surface area (Å²) in [7, 11) is 0. The Morgan fingerprint density at radius 1 is 0.647 bits per heavy atom. The second-order valence-corrected chi connectivity index (χ2v) is 3.62. The smallest absolute Gasteiger partial charge is 0.0132 e. The maximum Gasteiger partial charge on any atom is -0.0132 e. The summed E-state index contributed by atoms with van der Waals surface area (Å²) in [6, 6.07) is 10.6. The van der Waals surface area contributed by atoms with Crippen LogP contribution in [0.5, 0.6) is 0 Å². The molecule has 0 heterocycles. The lowest BCUT2D eigenvalue weighted by atomic mass is 9.87. The molecule has 0 fully saturated rings. The molecule has 0 saturated heterocycles. The minimum atomic E-state index is 0. The number of rotatable bonds is 0. The first-order valence-electron chi connectivity index (χ1n) is 6.66. The monoisotopic (exact) mass is 240 g/mol. The lowest BCUT2D eigenvalue weighted by molar-refractivity contribution is 0.590. The summed E-state index contributed by atoms with van der Waals surface area (Å²) in [4.78, 5) is 0. The van der Waals surface area contributed by atoms with Gasteiger partial charge in [-0.3, -0.25) is 0 Å². The third-order valence-corrected chi connectivity index (χ3v) is 1.64. The van der Waals surface area contributed by atoms with Gasteiger partial charge in [-0.2, -0.15) is 0 Å². The molecule has 0 amide bonds. The summed E-state index contributed by atoms with van der Waals surface area (Å²) in [6.07, 6.45) is 0. The minimum Gasteiger partial charge on any atom is -0.0776 e. The van der Waals surface area contributed by atoms with E-state index in [2.05, 4.69) is 51.1 Å². The fourth-order valence-electron chi connectivity index (χ4n) is 0.938.